The van der Waals surface area contributed by atoms with E-state index in [0.29, 0.717) is 6.42 Å². The zero-order valence-corrected chi connectivity index (χ0v) is 13.5. The molecule has 0 aromatic heterocycles. The van der Waals surface area contributed by atoms with Crippen molar-refractivity contribution in [1.82, 2.24) is 0 Å². The summed E-state index contributed by atoms with van der Waals surface area (Å²) in [6.45, 7) is 6.79. The second-order valence-corrected chi connectivity index (χ2v) is 6.01. The van der Waals surface area contributed by atoms with Crippen molar-refractivity contribution in [2.75, 3.05) is 14.2 Å². The SMILES string of the molecule is CO[C@@]1(C)O[C@@H]2C=C[C@](C)(OC(C)=O)C[C@H]2O[C@]1(C)OC. The fraction of sp³-hybridized carbons (Fsp3) is 0.800. The number of ether oxygens (including phenoxy) is 5. The Kier molecular flexibility index (Phi) is 4.19. The van der Waals surface area contributed by atoms with Crippen LogP contribution < -0.4 is 0 Å². The van der Waals surface area contributed by atoms with Crippen molar-refractivity contribution < 1.29 is 28.5 Å². The molecule has 0 radical (unpaired) electrons. The second kappa shape index (κ2) is 5.35. The van der Waals surface area contributed by atoms with E-state index in [1.54, 1.807) is 28.1 Å². The fourth-order valence-corrected chi connectivity index (χ4v) is 2.86. The Bertz CT molecular complexity index is 449. The molecule has 0 amide bonds. The van der Waals surface area contributed by atoms with Gasteiger partial charge in [0, 0.05) is 27.6 Å². The molecule has 5 atom stereocenters. The largest absolute Gasteiger partial charge is 0.455 e. The fourth-order valence-electron chi connectivity index (χ4n) is 2.86. The first-order valence-corrected chi connectivity index (χ1v) is 7.02. The monoisotopic (exact) mass is 300 g/mol. The maximum Gasteiger partial charge on any atom is 0.303 e. The van der Waals surface area contributed by atoms with Gasteiger partial charge in [-0.1, -0.05) is 6.08 Å². The Hall–Kier alpha value is -0.950. The van der Waals surface area contributed by atoms with E-state index < -0.39 is 17.2 Å². The highest BCUT2D eigenvalue weighted by Crippen LogP contribution is 2.43. The normalized spacial score (nSPS) is 46.0. The van der Waals surface area contributed by atoms with Gasteiger partial charge in [-0.15, -0.1) is 0 Å². The predicted molar refractivity (Wildman–Crippen MR) is 74.5 cm³/mol. The van der Waals surface area contributed by atoms with E-state index in [2.05, 4.69) is 0 Å². The van der Waals surface area contributed by atoms with Crippen LogP contribution >= 0.6 is 0 Å². The van der Waals surface area contributed by atoms with Crippen LogP contribution in [0.5, 0.6) is 0 Å². The zero-order valence-electron chi connectivity index (χ0n) is 13.5. The first kappa shape index (κ1) is 16.4. The van der Waals surface area contributed by atoms with Crippen LogP contribution in [0.1, 0.15) is 34.1 Å². The van der Waals surface area contributed by atoms with Crippen molar-refractivity contribution in [3.8, 4) is 0 Å². The molecule has 0 aromatic carbocycles. The average molecular weight is 300 g/mol. The maximum atomic E-state index is 11.2. The summed E-state index contributed by atoms with van der Waals surface area (Å²) in [5.74, 6) is -2.40. The molecule has 1 aliphatic carbocycles. The van der Waals surface area contributed by atoms with Gasteiger partial charge >= 0.3 is 5.97 Å². The molecule has 6 heteroatoms. The summed E-state index contributed by atoms with van der Waals surface area (Å²) in [5, 5.41) is 0. The van der Waals surface area contributed by atoms with Crippen LogP contribution in [0.15, 0.2) is 12.2 Å². The molecule has 1 aliphatic heterocycles. The molecule has 1 saturated heterocycles. The van der Waals surface area contributed by atoms with E-state index in [4.69, 9.17) is 23.7 Å². The zero-order chi connectivity index (χ0) is 15.9. The molecule has 2 aliphatic rings. The van der Waals surface area contributed by atoms with Crippen LogP contribution in [0.4, 0.5) is 0 Å². The highest BCUT2D eigenvalue weighted by molar-refractivity contribution is 5.66. The van der Waals surface area contributed by atoms with Crippen LogP contribution in [0.3, 0.4) is 0 Å². The van der Waals surface area contributed by atoms with Gasteiger partial charge < -0.3 is 23.7 Å². The summed E-state index contributed by atoms with van der Waals surface area (Å²) < 4.78 is 28.4. The van der Waals surface area contributed by atoms with Gasteiger partial charge in [-0.3, -0.25) is 4.79 Å². The van der Waals surface area contributed by atoms with E-state index in [0.717, 1.165) is 0 Å². The van der Waals surface area contributed by atoms with E-state index >= 15 is 0 Å². The Morgan fingerprint density at radius 2 is 1.71 bits per heavy atom. The smallest absolute Gasteiger partial charge is 0.303 e. The molecule has 1 heterocycles. The van der Waals surface area contributed by atoms with Gasteiger partial charge in [0.25, 0.3) is 0 Å². The highest BCUT2D eigenvalue weighted by Gasteiger charge is 2.57. The van der Waals surface area contributed by atoms with Crippen molar-refractivity contribution in [3.63, 3.8) is 0 Å². The summed E-state index contributed by atoms with van der Waals surface area (Å²) >= 11 is 0. The topological polar surface area (TPSA) is 63.2 Å². The van der Waals surface area contributed by atoms with Crippen LogP contribution in [-0.4, -0.2) is 49.6 Å². The summed E-state index contributed by atoms with van der Waals surface area (Å²) in [6.07, 6.45) is 3.62. The first-order chi connectivity index (χ1) is 9.67. The molecule has 1 fully saturated rings. The van der Waals surface area contributed by atoms with Crippen molar-refractivity contribution in [2.24, 2.45) is 0 Å². The van der Waals surface area contributed by atoms with E-state index in [9.17, 15) is 4.79 Å². The average Bonchev–Trinajstić information content (AvgIpc) is 2.39. The Balaban J connectivity index is 2.25. The number of carbonyl (C=O) groups is 1. The maximum absolute atomic E-state index is 11.2. The van der Waals surface area contributed by atoms with Gasteiger partial charge in [-0.05, 0) is 26.8 Å². The molecule has 0 bridgehead atoms. The highest BCUT2D eigenvalue weighted by atomic mass is 16.8. The standard InChI is InChI=1S/C15H24O6/c1-10(16)19-13(2)8-7-11-12(9-13)21-15(4,18-6)14(3,17-5)20-11/h7-8,11-12H,9H2,1-6H3/t11-,12-,13+,14+,15+/m1/s1. The van der Waals surface area contributed by atoms with Crippen LogP contribution in [0, 0.1) is 0 Å². The summed E-state index contributed by atoms with van der Waals surface area (Å²) in [6, 6.07) is 0. The minimum Gasteiger partial charge on any atom is -0.455 e. The quantitative estimate of drug-likeness (QED) is 0.585. The number of esters is 1. The summed E-state index contributed by atoms with van der Waals surface area (Å²) in [5.41, 5.74) is -0.703. The number of hydrogen-bond acceptors (Lipinski definition) is 6. The summed E-state index contributed by atoms with van der Waals surface area (Å²) in [7, 11) is 3.10. The minimum atomic E-state index is -1.05. The molecular formula is C15H24O6. The van der Waals surface area contributed by atoms with E-state index in [1.165, 1.54) is 6.92 Å². The molecule has 0 N–H and O–H groups in total. The number of carbonyl (C=O) groups excluding carboxylic acids is 1. The number of methoxy groups -OCH3 is 2. The predicted octanol–water partition coefficient (Wildman–Crippen LogP) is 1.78. The van der Waals surface area contributed by atoms with Crippen molar-refractivity contribution >= 4 is 5.97 Å². The molecule has 6 nitrogen and oxygen atoms in total. The minimum absolute atomic E-state index is 0.276. The third kappa shape index (κ3) is 2.85. The second-order valence-electron chi connectivity index (χ2n) is 6.01. The molecule has 120 valence electrons. The molecule has 21 heavy (non-hydrogen) atoms. The number of fused-ring (bicyclic) bond motifs is 1. The van der Waals surface area contributed by atoms with Crippen LogP contribution in [0.25, 0.3) is 0 Å². The number of rotatable bonds is 3. The first-order valence-electron chi connectivity index (χ1n) is 7.02. The van der Waals surface area contributed by atoms with Crippen molar-refractivity contribution in [1.29, 1.82) is 0 Å². The van der Waals surface area contributed by atoms with Gasteiger partial charge in [0.05, 0.1) is 6.10 Å². The van der Waals surface area contributed by atoms with Crippen LogP contribution in [-0.2, 0) is 28.5 Å². The Morgan fingerprint density at radius 1 is 1.14 bits per heavy atom. The lowest BCUT2D eigenvalue weighted by Crippen LogP contribution is -2.66. The Labute approximate surface area is 125 Å². The Morgan fingerprint density at radius 3 is 2.24 bits per heavy atom. The van der Waals surface area contributed by atoms with Gasteiger partial charge in [-0.2, -0.15) is 0 Å². The molecule has 0 saturated carbocycles. The molecule has 2 rings (SSSR count). The lowest BCUT2D eigenvalue weighted by atomic mass is 9.87. The lowest BCUT2D eigenvalue weighted by Gasteiger charge is -2.53. The number of hydrogen-bond donors (Lipinski definition) is 0. The van der Waals surface area contributed by atoms with Gasteiger partial charge in [0.2, 0.25) is 11.6 Å². The molecule has 0 aromatic rings. The van der Waals surface area contributed by atoms with Crippen molar-refractivity contribution in [3.05, 3.63) is 12.2 Å². The molecule has 0 unspecified atom stereocenters. The molecular weight excluding hydrogens is 276 g/mol. The van der Waals surface area contributed by atoms with Gasteiger partial charge in [-0.25, -0.2) is 0 Å². The lowest BCUT2D eigenvalue weighted by molar-refractivity contribution is -0.445. The van der Waals surface area contributed by atoms with Gasteiger partial charge in [0.1, 0.15) is 11.7 Å². The summed E-state index contributed by atoms with van der Waals surface area (Å²) in [4.78, 5) is 11.2. The van der Waals surface area contributed by atoms with E-state index in [-0.39, 0.29) is 18.2 Å². The van der Waals surface area contributed by atoms with E-state index in [1.807, 2.05) is 19.1 Å². The molecule has 0 spiro atoms. The van der Waals surface area contributed by atoms with Crippen molar-refractivity contribution in [2.45, 2.75) is 63.5 Å². The third-order valence-electron chi connectivity index (χ3n) is 4.33. The van der Waals surface area contributed by atoms with Crippen LogP contribution in [0.2, 0.25) is 0 Å². The van der Waals surface area contributed by atoms with Gasteiger partial charge in [0.15, 0.2) is 0 Å². The third-order valence-corrected chi connectivity index (χ3v) is 4.33.